The second-order valence-corrected chi connectivity index (χ2v) is 7.50. The van der Waals surface area contributed by atoms with E-state index in [4.69, 9.17) is 9.47 Å². The van der Waals surface area contributed by atoms with Crippen LogP contribution in [0.4, 0.5) is 4.39 Å². The Morgan fingerprint density at radius 3 is 2.43 bits per heavy atom. The summed E-state index contributed by atoms with van der Waals surface area (Å²) in [7, 11) is 1.56. The lowest BCUT2D eigenvalue weighted by Crippen LogP contribution is -2.34. The molecule has 0 heterocycles. The quantitative estimate of drug-likeness (QED) is 0.588. The van der Waals surface area contributed by atoms with Crippen molar-refractivity contribution in [2.24, 2.45) is 0 Å². The minimum atomic E-state index is -0.395. The fourth-order valence-corrected chi connectivity index (χ4v) is 3.59. The first kappa shape index (κ1) is 20.0. The maximum Gasteiger partial charge on any atom is 0.230 e. The predicted octanol–water partition coefficient (Wildman–Crippen LogP) is 4.76. The highest BCUT2D eigenvalue weighted by Crippen LogP contribution is 2.48. The van der Waals surface area contributed by atoms with Crippen molar-refractivity contribution < 1.29 is 18.7 Å². The number of benzene rings is 3. The van der Waals surface area contributed by atoms with Crippen LogP contribution in [0.1, 0.15) is 29.5 Å². The molecule has 3 aromatic rings. The molecule has 3 aromatic carbocycles. The summed E-state index contributed by atoms with van der Waals surface area (Å²) in [5, 5.41) is 3.05. The van der Waals surface area contributed by atoms with Crippen molar-refractivity contribution in [3.8, 4) is 11.5 Å². The van der Waals surface area contributed by atoms with Gasteiger partial charge >= 0.3 is 0 Å². The summed E-state index contributed by atoms with van der Waals surface area (Å²) >= 11 is 0. The van der Waals surface area contributed by atoms with Gasteiger partial charge in [0, 0.05) is 12.1 Å². The molecule has 1 saturated carbocycles. The molecule has 1 N–H and O–H groups in total. The van der Waals surface area contributed by atoms with Crippen LogP contribution >= 0.6 is 0 Å². The molecule has 154 valence electrons. The highest BCUT2D eigenvalue weighted by Gasteiger charge is 2.50. The summed E-state index contributed by atoms with van der Waals surface area (Å²) in [5.74, 6) is 0.817. The summed E-state index contributed by atoms with van der Waals surface area (Å²) in [6, 6.07) is 21.9. The Bertz CT molecular complexity index is 1030. The molecule has 0 bridgehead atoms. The highest BCUT2D eigenvalue weighted by molar-refractivity contribution is 5.91. The number of halogens is 1. The van der Waals surface area contributed by atoms with Gasteiger partial charge in [-0.3, -0.25) is 4.79 Å². The van der Waals surface area contributed by atoms with Gasteiger partial charge < -0.3 is 14.8 Å². The Labute approximate surface area is 175 Å². The SMILES string of the molecule is COc1cc(CNC(=O)C2(c3ccccc3)CC2)ccc1OCc1ccccc1F. The number of carbonyl (C=O) groups is 1. The predicted molar refractivity (Wildman–Crippen MR) is 113 cm³/mol. The number of rotatable bonds is 8. The molecule has 0 atom stereocenters. The van der Waals surface area contributed by atoms with Crippen molar-refractivity contribution in [3.63, 3.8) is 0 Å². The number of methoxy groups -OCH3 is 1. The van der Waals surface area contributed by atoms with Crippen molar-refractivity contribution >= 4 is 5.91 Å². The fraction of sp³-hybridized carbons (Fsp3) is 0.240. The Morgan fingerprint density at radius 2 is 1.73 bits per heavy atom. The second kappa shape index (κ2) is 8.57. The van der Waals surface area contributed by atoms with Gasteiger partial charge in [-0.2, -0.15) is 0 Å². The van der Waals surface area contributed by atoms with Crippen LogP contribution < -0.4 is 14.8 Å². The monoisotopic (exact) mass is 405 g/mol. The molecule has 0 spiro atoms. The van der Waals surface area contributed by atoms with Gasteiger partial charge in [0.15, 0.2) is 11.5 Å². The van der Waals surface area contributed by atoms with Gasteiger partial charge in [-0.05, 0) is 42.2 Å². The highest BCUT2D eigenvalue weighted by atomic mass is 19.1. The molecule has 0 unspecified atom stereocenters. The topological polar surface area (TPSA) is 47.6 Å². The van der Waals surface area contributed by atoms with E-state index in [1.165, 1.54) is 6.07 Å². The zero-order valence-electron chi connectivity index (χ0n) is 16.9. The molecular formula is C25H24FNO3. The zero-order valence-corrected chi connectivity index (χ0v) is 16.9. The average molecular weight is 405 g/mol. The van der Waals surface area contributed by atoms with Gasteiger partial charge in [0.2, 0.25) is 5.91 Å². The van der Waals surface area contributed by atoms with Crippen LogP contribution in [0.15, 0.2) is 72.8 Å². The summed E-state index contributed by atoms with van der Waals surface area (Å²) in [6.45, 7) is 0.510. The normalized spacial score (nSPS) is 14.1. The van der Waals surface area contributed by atoms with Gasteiger partial charge in [0.05, 0.1) is 12.5 Å². The third-order valence-electron chi connectivity index (χ3n) is 5.53. The molecule has 4 rings (SSSR count). The van der Waals surface area contributed by atoms with Crippen LogP contribution in [-0.4, -0.2) is 13.0 Å². The molecule has 1 amide bonds. The van der Waals surface area contributed by atoms with E-state index in [-0.39, 0.29) is 18.3 Å². The molecule has 0 aromatic heterocycles. The van der Waals surface area contributed by atoms with Crippen LogP contribution in [0.25, 0.3) is 0 Å². The van der Waals surface area contributed by atoms with Gasteiger partial charge in [0.1, 0.15) is 12.4 Å². The van der Waals surface area contributed by atoms with Crippen molar-refractivity contribution in [2.75, 3.05) is 7.11 Å². The first-order valence-corrected chi connectivity index (χ1v) is 9.99. The number of ether oxygens (including phenoxy) is 2. The third-order valence-corrected chi connectivity index (χ3v) is 5.53. The molecule has 1 aliphatic rings. The Kier molecular flexibility index (Phi) is 5.70. The summed E-state index contributed by atoms with van der Waals surface area (Å²) in [6.07, 6.45) is 1.74. The second-order valence-electron chi connectivity index (χ2n) is 7.50. The lowest BCUT2D eigenvalue weighted by atomic mass is 9.95. The van der Waals surface area contributed by atoms with E-state index < -0.39 is 5.41 Å². The number of hydrogen-bond donors (Lipinski definition) is 1. The number of carbonyl (C=O) groups excluding carboxylic acids is 1. The molecule has 0 radical (unpaired) electrons. The molecule has 30 heavy (non-hydrogen) atoms. The van der Waals surface area contributed by atoms with Crippen molar-refractivity contribution in [1.29, 1.82) is 0 Å². The summed E-state index contributed by atoms with van der Waals surface area (Å²) < 4.78 is 25.0. The Balaban J connectivity index is 1.39. The van der Waals surface area contributed by atoms with E-state index in [1.807, 2.05) is 42.5 Å². The molecular weight excluding hydrogens is 381 g/mol. The van der Waals surface area contributed by atoms with E-state index in [1.54, 1.807) is 31.4 Å². The smallest absolute Gasteiger partial charge is 0.230 e. The maximum atomic E-state index is 13.8. The first-order chi connectivity index (χ1) is 14.6. The lowest BCUT2D eigenvalue weighted by Gasteiger charge is -2.17. The van der Waals surface area contributed by atoms with E-state index in [2.05, 4.69) is 5.32 Å². The lowest BCUT2D eigenvalue weighted by molar-refractivity contribution is -0.123. The summed E-state index contributed by atoms with van der Waals surface area (Å²) in [5.41, 5.74) is 2.06. The number of nitrogens with one attached hydrogen (secondary N) is 1. The Morgan fingerprint density at radius 1 is 1.00 bits per heavy atom. The fourth-order valence-electron chi connectivity index (χ4n) is 3.59. The van der Waals surface area contributed by atoms with E-state index >= 15 is 0 Å². The van der Waals surface area contributed by atoms with Gasteiger partial charge in [-0.25, -0.2) is 4.39 Å². The van der Waals surface area contributed by atoms with Crippen LogP contribution in [-0.2, 0) is 23.4 Å². The van der Waals surface area contributed by atoms with Crippen molar-refractivity contribution in [1.82, 2.24) is 5.32 Å². The van der Waals surface area contributed by atoms with Crippen molar-refractivity contribution in [2.45, 2.75) is 31.4 Å². The maximum absolute atomic E-state index is 13.8. The zero-order chi connectivity index (χ0) is 21.0. The molecule has 4 nitrogen and oxygen atoms in total. The van der Waals surface area contributed by atoms with Crippen molar-refractivity contribution in [3.05, 3.63) is 95.3 Å². The minimum absolute atomic E-state index is 0.0487. The molecule has 1 fully saturated rings. The van der Waals surface area contributed by atoms with Crippen LogP contribution in [0.2, 0.25) is 0 Å². The number of hydrogen-bond acceptors (Lipinski definition) is 3. The van der Waals surface area contributed by atoms with Gasteiger partial charge in [-0.1, -0.05) is 54.6 Å². The minimum Gasteiger partial charge on any atom is -0.493 e. The number of amides is 1. The van der Waals surface area contributed by atoms with Crippen LogP contribution in [0.5, 0.6) is 11.5 Å². The molecule has 1 aliphatic carbocycles. The van der Waals surface area contributed by atoms with Crippen LogP contribution in [0.3, 0.4) is 0 Å². The summed E-state index contributed by atoms with van der Waals surface area (Å²) in [4.78, 5) is 12.8. The van der Waals surface area contributed by atoms with Gasteiger partial charge in [-0.15, -0.1) is 0 Å². The molecule has 5 heteroatoms. The average Bonchev–Trinajstić information content (AvgIpc) is 3.60. The van der Waals surface area contributed by atoms with E-state index in [0.717, 1.165) is 24.0 Å². The van der Waals surface area contributed by atoms with E-state index in [0.29, 0.717) is 23.6 Å². The third kappa shape index (κ3) is 4.15. The molecule has 0 aliphatic heterocycles. The Hall–Kier alpha value is -3.34. The van der Waals surface area contributed by atoms with Gasteiger partial charge in [0.25, 0.3) is 0 Å². The van der Waals surface area contributed by atoms with Crippen LogP contribution in [0, 0.1) is 5.82 Å². The molecule has 0 saturated heterocycles. The standard InChI is InChI=1S/C25H24FNO3/c1-29-23-15-18(11-12-22(23)30-17-19-7-5-6-10-21(19)26)16-27-24(28)25(13-14-25)20-8-3-2-4-9-20/h2-12,15H,13-14,16-17H2,1H3,(H,27,28). The largest absolute Gasteiger partial charge is 0.493 e. The first-order valence-electron chi connectivity index (χ1n) is 9.99. The van der Waals surface area contributed by atoms with E-state index in [9.17, 15) is 9.18 Å².